The van der Waals surface area contributed by atoms with Gasteiger partial charge in [0.15, 0.2) is 17.0 Å². The summed E-state index contributed by atoms with van der Waals surface area (Å²) >= 11 is 3.45. The van der Waals surface area contributed by atoms with Crippen molar-refractivity contribution < 1.29 is 19.2 Å². The Hall–Kier alpha value is -3.43. The molecule has 3 heterocycles. The van der Waals surface area contributed by atoms with Gasteiger partial charge in [-0.2, -0.15) is 0 Å². The molecule has 0 aliphatic carbocycles. The molecular formula is C29H28BrN3O5. The van der Waals surface area contributed by atoms with E-state index in [4.69, 9.17) is 9.47 Å². The minimum absolute atomic E-state index is 0.133. The summed E-state index contributed by atoms with van der Waals surface area (Å²) in [5.74, 6) is 0.334. The first-order chi connectivity index (χ1) is 18.4. The van der Waals surface area contributed by atoms with Gasteiger partial charge in [-0.25, -0.2) is 0 Å². The number of hydrogen-bond acceptors (Lipinski definition) is 6. The molecule has 0 unspecified atom stereocenters. The zero-order valence-electron chi connectivity index (χ0n) is 20.9. The molecule has 2 saturated heterocycles. The van der Waals surface area contributed by atoms with Gasteiger partial charge in [0.05, 0.1) is 12.5 Å². The van der Waals surface area contributed by atoms with Crippen molar-refractivity contribution in [2.24, 2.45) is 0 Å². The zero-order valence-corrected chi connectivity index (χ0v) is 22.5. The van der Waals surface area contributed by atoms with Crippen LogP contribution in [-0.2, 0) is 16.9 Å². The van der Waals surface area contributed by atoms with Crippen LogP contribution in [0, 0.1) is 10.1 Å². The molecule has 1 N–H and O–H groups in total. The second kappa shape index (κ2) is 9.71. The molecule has 1 amide bonds. The lowest BCUT2D eigenvalue weighted by Gasteiger charge is -2.32. The number of nitrogens with zero attached hydrogens (tertiary/aromatic N) is 2. The second-order valence-electron chi connectivity index (χ2n) is 9.98. The third-order valence-electron chi connectivity index (χ3n) is 8.05. The monoisotopic (exact) mass is 577 g/mol. The number of fused-ring (bicyclic) bond motifs is 4. The van der Waals surface area contributed by atoms with E-state index in [0.717, 1.165) is 28.4 Å². The van der Waals surface area contributed by atoms with Crippen molar-refractivity contribution in [1.29, 1.82) is 0 Å². The maximum Gasteiger partial charge on any atom is 0.256 e. The third-order valence-corrected chi connectivity index (χ3v) is 8.58. The van der Waals surface area contributed by atoms with E-state index in [1.165, 1.54) is 0 Å². The van der Waals surface area contributed by atoms with Gasteiger partial charge in [0.1, 0.15) is 6.61 Å². The average Bonchev–Trinajstić information content (AvgIpc) is 3.57. The highest BCUT2D eigenvalue weighted by atomic mass is 79.9. The highest BCUT2D eigenvalue weighted by molar-refractivity contribution is 9.10. The Morgan fingerprint density at radius 1 is 1.11 bits per heavy atom. The summed E-state index contributed by atoms with van der Waals surface area (Å²) < 4.78 is 13.0. The molecule has 0 radical (unpaired) electrons. The fourth-order valence-electron chi connectivity index (χ4n) is 6.64. The highest BCUT2D eigenvalue weighted by Crippen LogP contribution is 2.58. The van der Waals surface area contributed by atoms with Gasteiger partial charge < -0.3 is 14.8 Å². The van der Waals surface area contributed by atoms with E-state index in [1.807, 2.05) is 73.7 Å². The Labute approximate surface area is 229 Å². The predicted octanol–water partition coefficient (Wildman–Crippen LogP) is 5.48. The van der Waals surface area contributed by atoms with Gasteiger partial charge in [-0.05, 0) is 61.2 Å². The molecule has 3 aromatic carbocycles. The Morgan fingerprint density at radius 3 is 2.66 bits per heavy atom. The van der Waals surface area contributed by atoms with Crippen molar-refractivity contribution in [1.82, 2.24) is 4.90 Å². The Balaban J connectivity index is 1.40. The number of anilines is 1. The largest absolute Gasteiger partial charge is 0.490 e. The van der Waals surface area contributed by atoms with Gasteiger partial charge in [0.2, 0.25) is 0 Å². The SMILES string of the molecule is CCOc1cc([C@H]2[C@H]([N+](=O)[O-])[C@@]3(C(=O)Nc4ccccc43)N3CCC[C@@H]23)ccc1OCc1ccc(Br)cc1. The first-order valence-corrected chi connectivity index (χ1v) is 13.7. The number of para-hydroxylation sites is 1. The van der Waals surface area contributed by atoms with E-state index >= 15 is 0 Å². The summed E-state index contributed by atoms with van der Waals surface area (Å²) in [5, 5.41) is 15.8. The molecule has 4 atom stereocenters. The maximum atomic E-state index is 13.6. The van der Waals surface area contributed by atoms with E-state index < -0.39 is 17.5 Å². The number of ether oxygens (including phenoxy) is 2. The molecule has 3 aliphatic rings. The molecule has 196 valence electrons. The summed E-state index contributed by atoms with van der Waals surface area (Å²) in [7, 11) is 0. The maximum absolute atomic E-state index is 13.6. The van der Waals surface area contributed by atoms with Crippen LogP contribution in [0.4, 0.5) is 5.69 Å². The van der Waals surface area contributed by atoms with E-state index in [0.29, 0.717) is 42.5 Å². The summed E-state index contributed by atoms with van der Waals surface area (Å²) in [6.45, 7) is 3.33. The number of amides is 1. The van der Waals surface area contributed by atoms with Crippen molar-refractivity contribution >= 4 is 27.5 Å². The lowest BCUT2D eigenvalue weighted by molar-refractivity contribution is -0.534. The molecule has 3 aromatic rings. The normalized spacial score (nSPS) is 25.7. The average molecular weight is 578 g/mol. The molecular weight excluding hydrogens is 550 g/mol. The third kappa shape index (κ3) is 3.79. The Morgan fingerprint density at radius 2 is 1.89 bits per heavy atom. The standard InChI is InChI=1S/C29H28BrN3O5/c1-2-37-25-16-19(11-14-24(25)38-17-18-9-12-20(30)13-10-18)26-23-8-5-15-32(23)29(27(26)33(35)36)21-6-3-4-7-22(21)31-28(29)34/h3-4,6-7,9-14,16,23,26-27H,2,5,8,15,17H2,1H3,(H,31,34)/t23-,26+,27-,29-/m0/s1. The lowest BCUT2D eigenvalue weighted by atomic mass is 9.77. The first kappa shape index (κ1) is 24.9. The van der Waals surface area contributed by atoms with Crippen LogP contribution in [-0.4, -0.2) is 41.0 Å². The summed E-state index contributed by atoms with van der Waals surface area (Å²) in [4.78, 5) is 28.3. The molecule has 2 fully saturated rings. The van der Waals surface area contributed by atoms with Crippen molar-refractivity contribution in [2.75, 3.05) is 18.5 Å². The zero-order chi connectivity index (χ0) is 26.4. The quantitative estimate of drug-likeness (QED) is 0.295. The Bertz CT molecular complexity index is 1400. The molecule has 0 saturated carbocycles. The molecule has 8 nitrogen and oxygen atoms in total. The number of rotatable bonds is 7. The summed E-state index contributed by atoms with van der Waals surface area (Å²) in [6.07, 6.45) is 1.67. The highest BCUT2D eigenvalue weighted by Gasteiger charge is 2.73. The molecule has 0 bridgehead atoms. The predicted molar refractivity (Wildman–Crippen MR) is 146 cm³/mol. The number of carbonyl (C=O) groups excluding carboxylic acids is 1. The van der Waals surface area contributed by atoms with Crippen LogP contribution < -0.4 is 14.8 Å². The van der Waals surface area contributed by atoms with Gasteiger partial charge in [0, 0.05) is 33.2 Å². The fraction of sp³-hybridized carbons (Fsp3) is 0.345. The van der Waals surface area contributed by atoms with E-state index in [2.05, 4.69) is 26.1 Å². The molecule has 3 aliphatic heterocycles. The van der Waals surface area contributed by atoms with E-state index in [9.17, 15) is 14.9 Å². The first-order valence-electron chi connectivity index (χ1n) is 12.9. The smallest absolute Gasteiger partial charge is 0.256 e. The van der Waals surface area contributed by atoms with Crippen LogP contribution in [0.3, 0.4) is 0 Å². The van der Waals surface area contributed by atoms with Gasteiger partial charge in [-0.1, -0.05) is 52.3 Å². The molecule has 6 rings (SSSR count). The number of nitro groups is 1. The van der Waals surface area contributed by atoms with Crippen LogP contribution in [0.5, 0.6) is 11.5 Å². The minimum Gasteiger partial charge on any atom is -0.490 e. The van der Waals surface area contributed by atoms with Crippen molar-refractivity contribution in [2.45, 2.75) is 49.9 Å². The summed E-state index contributed by atoms with van der Waals surface area (Å²) in [5.41, 5.74) is 1.81. The van der Waals surface area contributed by atoms with Gasteiger partial charge >= 0.3 is 0 Å². The molecule has 9 heteroatoms. The second-order valence-corrected chi connectivity index (χ2v) is 10.9. The van der Waals surface area contributed by atoms with Crippen LogP contribution in [0.2, 0.25) is 0 Å². The van der Waals surface area contributed by atoms with Crippen LogP contribution in [0.25, 0.3) is 0 Å². The van der Waals surface area contributed by atoms with Gasteiger partial charge in [-0.15, -0.1) is 0 Å². The topological polar surface area (TPSA) is 93.9 Å². The van der Waals surface area contributed by atoms with Crippen molar-refractivity contribution in [3.8, 4) is 11.5 Å². The fourth-order valence-corrected chi connectivity index (χ4v) is 6.90. The van der Waals surface area contributed by atoms with Crippen LogP contribution in [0.1, 0.15) is 42.4 Å². The molecule has 1 spiro atoms. The van der Waals surface area contributed by atoms with Gasteiger partial charge in [-0.3, -0.25) is 19.8 Å². The number of halogens is 1. The van der Waals surface area contributed by atoms with Crippen LogP contribution in [0.15, 0.2) is 71.2 Å². The number of hydrogen-bond donors (Lipinski definition) is 1. The van der Waals surface area contributed by atoms with Crippen molar-refractivity contribution in [3.05, 3.63) is 98.0 Å². The lowest BCUT2D eigenvalue weighted by Crippen LogP contribution is -2.55. The minimum atomic E-state index is -1.34. The van der Waals surface area contributed by atoms with Gasteiger partial charge in [0.25, 0.3) is 11.9 Å². The number of carbonyl (C=O) groups is 1. The number of nitrogens with one attached hydrogen (secondary N) is 1. The Kier molecular flexibility index (Phi) is 6.36. The van der Waals surface area contributed by atoms with E-state index in [1.54, 1.807) is 0 Å². The van der Waals surface area contributed by atoms with Crippen molar-refractivity contribution in [3.63, 3.8) is 0 Å². The molecule has 38 heavy (non-hydrogen) atoms. The van der Waals surface area contributed by atoms with Crippen LogP contribution >= 0.6 is 15.9 Å². The van der Waals surface area contributed by atoms with E-state index in [-0.39, 0.29) is 16.9 Å². The summed E-state index contributed by atoms with van der Waals surface area (Å²) in [6, 6.07) is 19.6. The molecule has 0 aromatic heterocycles. The number of benzene rings is 3.